The average Bonchev–Trinajstić information content (AvgIpc) is 2.99. The van der Waals surface area contributed by atoms with Crippen LogP contribution in [0.25, 0.3) is 0 Å². The number of halogens is 2. The smallest absolute Gasteiger partial charge is 0.261 e. The van der Waals surface area contributed by atoms with E-state index in [4.69, 9.17) is 4.74 Å². The van der Waals surface area contributed by atoms with Crippen LogP contribution in [0.1, 0.15) is 36.6 Å². The lowest BCUT2D eigenvalue weighted by atomic mass is 10.0. The van der Waals surface area contributed by atoms with Gasteiger partial charge in [-0.1, -0.05) is 30.3 Å². The van der Waals surface area contributed by atoms with Gasteiger partial charge in [0.15, 0.2) is 0 Å². The van der Waals surface area contributed by atoms with E-state index in [-0.39, 0.29) is 36.4 Å². The van der Waals surface area contributed by atoms with Crippen molar-refractivity contribution < 1.29 is 27.9 Å². The molecule has 3 rings (SSSR count). The summed E-state index contributed by atoms with van der Waals surface area (Å²) in [5.41, 5.74) is 1.40. The monoisotopic (exact) mass is 416 g/mol. The molecule has 0 saturated heterocycles. The molecule has 6 nitrogen and oxygen atoms in total. The minimum absolute atomic E-state index is 0.00711. The van der Waals surface area contributed by atoms with Gasteiger partial charge in [-0.15, -0.1) is 0 Å². The Bertz CT molecular complexity index is 934. The Labute approximate surface area is 173 Å². The highest BCUT2D eigenvalue weighted by Crippen LogP contribution is 2.25. The number of alkyl halides is 2. The lowest BCUT2D eigenvalue weighted by molar-refractivity contribution is 0.0478. The summed E-state index contributed by atoms with van der Waals surface area (Å²) in [7, 11) is 1.41. The topological polar surface area (TPSA) is 66.9 Å². The molecular weight excluding hydrogens is 394 g/mol. The molecule has 0 spiro atoms. The first-order chi connectivity index (χ1) is 14.4. The van der Waals surface area contributed by atoms with Crippen LogP contribution < -0.4 is 0 Å². The van der Waals surface area contributed by atoms with Gasteiger partial charge < -0.3 is 9.64 Å². The zero-order valence-electron chi connectivity index (χ0n) is 16.5. The molecule has 2 aromatic rings. The van der Waals surface area contributed by atoms with Crippen molar-refractivity contribution in [2.45, 2.75) is 12.8 Å². The number of hydrogen-bond donors (Lipinski definition) is 0. The maximum absolute atomic E-state index is 12.9. The number of methoxy groups -OCH3 is 1. The molecule has 0 aromatic heterocycles. The average molecular weight is 416 g/mol. The number of carbonyl (C=O) groups excluding carboxylic acids is 3. The SMILES string of the molecule is COCCN(CC(F)F)C(=O)c1ccc2c(c1)C(=O)N(CCc1ccccc1)C2=O. The molecule has 1 aliphatic rings. The molecule has 0 radical (unpaired) electrons. The Kier molecular flexibility index (Phi) is 6.89. The molecule has 0 fully saturated rings. The fourth-order valence-corrected chi connectivity index (χ4v) is 3.34. The summed E-state index contributed by atoms with van der Waals surface area (Å²) < 4.78 is 30.6. The summed E-state index contributed by atoms with van der Waals surface area (Å²) in [4.78, 5) is 40.2. The number of rotatable bonds is 9. The Hall–Kier alpha value is -3.13. The highest BCUT2D eigenvalue weighted by molar-refractivity contribution is 6.22. The summed E-state index contributed by atoms with van der Waals surface area (Å²) in [6.07, 6.45) is -2.19. The lowest BCUT2D eigenvalue weighted by Crippen LogP contribution is -2.37. The van der Waals surface area contributed by atoms with Crippen molar-refractivity contribution in [3.63, 3.8) is 0 Å². The van der Waals surface area contributed by atoms with Crippen LogP contribution in [0.15, 0.2) is 48.5 Å². The minimum Gasteiger partial charge on any atom is -0.383 e. The Morgan fingerprint density at radius 1 is 1.07 bits per heavy atom. The third-order valence-corrected chi connectivity index (χ3v) is 4.90. The first-order valence-electron chi connectivity index (χ1n) is 9.53. The lowest BCUT2D eigenvalue weighted by Gasteiger charge is -2.22. The molecule has 0 aliphatic carbocycles. The van der Waals surface area contributed by atoms with Gasteiger partial charge >= 0.3 is 0 Å². The maximum Gasteiger partial charge on any atom is 0.261 e. The quantitative estimate of drug-likeness (QED) is 0.590. The zero-order valence-corrected chi connectivity index (χ0v) is 16.5. The van der Waals surface area contributed by atoms with Gasteiger partial charge in [0, 0.05) is 25.8 Å². The van der Waals surface area contributed by atoms with E-state index in [1.54, 1.807) is 0 Å². The standard InChI is InChI=1S/C22H22F2N2O4/c1-30-12-11-25(14-19(23)24)20(27)16-7-8-17-18(13-16)22(29)26(21(17)28)10-9-15-5-3-2-4-6-15/h2-8,13,19H,9-12,14H2,1H3. The second kappa shape index (κ2) is 9.58. The van der Waals surface area contributed by atoms with Crippen molar-refractivity contribution in [3.8, 4) is 0 Å². The Morgan fingerprint density at radius 2 is 1.77 bits per heavy atom. The molecule has 0 atom stereocenters. The molecule has 0 bridgehead atoms. The number of hydrogen-bond acceptors (Lipinski definition) is 4. The Morgan fingerprint density at radius 3 is 2.43 bits per heavy atom. The number of carbonyl (C=O) groups is 3. The van der Waals surface area contributed by atoms with Gasteiger partial charge in [-0.3, -0.25) is 19.3 Å². The number of benzene rings is 2. The fraction of sp³-hybridized carbons (Fsp3) is 0.318. The summed E-state index contributed by atoms with van der Waals surface area (Å²) in [6, 6.07) is 13.6. The van der Waals surface area contributed by atoms with E-state index in [9.17, 15) is 23.2 Å². The molecular formula is C22H22F2N2O4. The molecule has 1 heterocycles. The number of amides is 3. The first kappa shape index (κ1) is 21.6. The van der Waals surface area contributed by atoms with E-state index in [0.717, 1.165) is 15.4 Å². The van der Waals surface area contributed by atoms with Crippen molar-refractivity contribution in [1.82, 2.24) is 9.80 Å². The van der Waals surface area contributed by atoms with Crippen molar-refractivity contribution in [3.05, 3.63) is 70.8 Å². The number of nitrogens with zero attached hydrogens (tertiary/aromatic N) is 2. The van der Waals surface area contributed by atoms with Crippen LogP contribution >= 0.6 is 0 Å². The van der Waals surface area contributed by atoms with Crippen LogP contribution in [-0.2, 0) is 11.2 Å². The fourth-order valence-electron chi connectivity index (χ4n) is 3.34. The van der Waals surface area contributed by atoms with Gasteiger partial charge in [-0.2, -0.15) is 0 Å². The number of ether oxygens (including phenoxy) is 1. The molecule has 0 unspecified atom stereocenters. The molecule has 1 aliphatic heterocycles. The second-order valence-electron chi connectivity index (χ2n) is 6.89. The van der Waals surface area contributed by atoms with Gasteiger partial charge in [-0.25, -0.2) is 8.78 Å². The van der Waals surface area contributed by atoms with Crippen LogP contribution in [0.3, 0.4) is 0 Å². The molecule has 158 valence electrons. The van der Waals surface area contributed by atoms with E-state index in [2.05, 4.69) is 0 Å². The summed E-state index contributed by atoms with van der Waals surface area (Å²) in [6.45, 7) is -0.429. The summed E-state index contributed by atoms with van der Waals surface area (Å²) >= 11 is 0. The number of fused-ring (bicyclic) bond motifs is 1. The van der Waals surface area contributed by atoms with Gasteiger partial charge in [0.2, 0.25) is 0 Å². The van der Waals surface area contributed by atoms with Crippen LogP contribution in [0.4, 0.5) is 8.78 Å². The molecule has 0 saturated carbocycles. The number of imide groups is 1. The first-order valence-corrected chi connectivity index (χ1v) is 9.53. The van der Waals surface area contributed by atoms with Crippen LogP contribution in [0.2, 0.25) is 0 Å². The highest BCUT2D eigenvalue weighted by Gasteiger charge is 2.36. The van der Waals surface area contributed by atoms with E-state index >= 15 is 0 Å². The second-order valence-corrected chi connectivity index (χ2v) is 6.89. The zero-order chi connectivity index (χ0) is 21.7. The molecule has 2 aromatic carbocycles. The van der Waals surface area contributed by atoms with E-state index in [1.807, 2.05) is 30.3 Å². The summed E-state index contributed by atoms with van der Waals surface area (Å²) in [5, 5.41) is 0. The predicted octanol–water partition coefficient (Wildman–Crippen LogP) is 2.88. The van der Waals surface area contributed by atoms with E-state index < -0.39 is 30.7 Å². The minimum atomic E-state index is -2.70. The van der Waals surface area contributed by atoms with E-state index in [1.165, 1.54) is 25.3 Å². The molecule has 8 heteroatoms. The molecule has 3 amide bonds. The van der Waals surface area contributed by atoms with Gasteiger partial charge in [0.1, 0.15) is 0 Å². The van der Waals surface area contributed by atoms with Crippen molar-refractivity contribution >= 4 is 17.7 Å². The predicted molar refractivity (Wildman–Crippen MR) is 106 cm³/mol. The third-order valence-electron chi connectivity index (χ3n) is 4.90. The van der Waals surface area contributed by atoms with E-state index in [0.29, 0.717) is 6.42 Å². The van der Waals surface area contributed by atoms with Crippen LogP contribution in [0, 0.1) is 0 Å². The van der Waals surface area contributed by atoms with Gasteiger partial charge in [0.25, 0.3) is 24.1 Å². The Balaban J connectivity index is 1.77. The van der Waals surface area contributed by atoms with Crippen LogP contribution in [-0.4, -0.2) is 67.3 Å². The summed E-state index contributed by atoms with van der Waals surface area (Å²) in [5.74, 6) is -1.55. The van der Waals surface area contributed by atoms with Crippen molar-refractivity contribution in [1.29, 1.82) is 0 Å². The normalized spacial score (nSPS) is 13.1. The molecule has 0 N–H and O–H groups in total. The molecule has 30 heavy (non-hydrogen) atoms. The third kappa shape index (κ3) is 4.71. The van der Waals surface area contributed by atoms with Crippen molar-refractivity contribution in [2.24, 2.45) is 0 Å². The highest BCUT2D eigenvalue weighted by atomic mass is 19.3. The van der Waals surface area contributed by atoms with Crippen LogP contribution in [0.5, 0.6) is 0 Å². The van der Waals surface area contributed by atoms with Gasteiger partial charge in [-0.05, 0) is 30.2 Å². The van der Waals surface area contributed by atoms with Gasteiger partial charge in [0.05, 0.1) is 24.3 Å². The maximum atomic E-state index is 12.9. The largest absolute Gasteiger partial charge is 0.383 e. The van der Waals surface area contributed by atoms with Crippen molar-refractivity contribution in [2.75, 3.05) is 33.4 Å².